The van der Waals surface area contributed by atoms with E-state index in [1.54, 1.807) is 18.5 Å². The summed E-state index contributed by atoms with van der Waals surface area (Å²) in [6.07, 6.45) is 3.38. The first-order valence-corrected chi connectivity index (χ1v) is 10.3. The normalized spacial score (nSPS) is 16.4. The molecule has 0 radical (unpaired) electrons. The van der Waals surface area contributed by atoms with Gasteiger partial charge in [-0.1, -0.05) is 11.6 Å². The van der Waals surface area contributed by atoms with Gasteiger partial charge in [0, 0.05) is 42.0 Å². The number of rotatable bonds is 4. The quantitative estimate of drug-likeness (QED) is 0.436. The van der Waals surface area contributed by atoms with Gasteiger partial charge >= 0.3 is 5.97 Å². The van der Waals surface area contributed by atoms with Gasteiger partial charge in [0.25, 0.3) is 0 Å². The average molecular weight is 453 g/mol. The number of benzene rings is 1. The van der Waals surface area contributed by atoms with Crippen molar-refractivity contribution in [1.29, 1.82) is 0 Å². The number of hydrogen-bond acceptors (Lipinski definition) is 6. The van der Waals surface area contributed by atoms with Crippen LogP contribution < -0.4 is 10.2 Å². The zero-order valence-corrected chi connectivity index (χ0v) is 17.5. The molecule has 1 saturated heterocycles. The molecule has 5 rings (SSSR count). The number of aromatic amines is 1. The fourth-order valence-electron chi connectivity index (χ4n) is 3.84. The van der Waals surface area contributed by atoms with E-state index in [0.29, 0.717) is 52.6 Å². The number of fused-ring (bicyclic) bond motifs is 1. The number of carboxylic acids is 1. The van der Waals surface area contributed by atoms with E-state index in [2.05, 4.69) is 20.5 Å². The van der Waals surface area contributed by atoms with Crippen LogP contribution in [0.4, 0.5) is 10.1 Å². The zero-order chi connectivity index (χ0) is 22.2. The summed E-state index contributed by atoms with van der Waals surface area (Å²) in [7, 11) is 0. The highest BCUT2D eigenvalue weighted by Crippen LogP contribution is 2.33. The van der Waals surface area contributed by atoms with Gasteiger partial charge in [0.1, 0.15) is 17.6 Å². The van der Waals surface area contributed by atoms with Gasteiger partial charge in [-0.3, -0.25) is 14.9 Å². The predicted octanol–water partition coefficient (Wildman–Crippen LogP) is 3.34. The number of halogens is 2. The Hall–Kier alpha value is -3.56. The summed E-state index contributed by atoms with van der Waals surface area (Å²) in [5.41, 5.74) is 4.05. The van der Waals surface area contributed by atoms with Crippen LogP contribution >= 0.6 is 11.6 Å². The van der Waals surface area contributed by atoms with Crippen molar-refractivity contribution in [2.45, 2.75) is 6.04 Å². The van der Waals surface area contributed by atoms with Gasteiger partial charge < -0.3 is 15.3 Å². The first kappa shape index (κ1) is 20.3. The largest absolute Gasteiger partial charge is 0.480 e. The lowest BCUT2D eigenvalue weighted by atomic mass is 10.0. The molecule has 0 aliphatic carbocycles. The SMILES string of the molecule is O=C(O)[C@H]1CN(c2cnc3ccc(-c4c[nH]nc4-c4cc(Cl)ccc4F)nc3c2)CCN1. The van der Waals surface area contributed by atoms with Crippen molar-refractivity contribution in [3.05, 3.63) is 59.6 Å². The third-order valence-electron chi connectivity index (χ3n) is 5.46. The lowest BCUT2D eigenvalue weighted by Gasteiger charge is -2.33. The maximum absolute atomic E-state index is 14.4. The molecule has 0 amide bonds. The minimum atomic E-state index is -0.885. The second-order valence-electron chi connectivity index (χ2n) is 7.49. The third kappa shape index (κ3) is 3.76. The van der Waals surface area contributed by atoms with Crippen LogP contribution in [0.15, 0.2) is 48.8 Å². The highest BCUT2D eigenvalue weighted by molar-refractivity contribution is 6.30. The van der Waals surface area contributed by atoms with Crippen molar-refractivity contribution in [3.63, 3.8) is 0 Å². The van der Waals surface area contributed by atoms with Crippen LogP contribution in [0.25, 0.3) is 33.5 Å². The van der Waals surface area contributed by atoms with E-state index in [1.807, 2.05) is 17.0 Å². The molecule has 1 aliphatic heterocycles. The minimum Gasteiger partial charge on any atom is -0.480 e. The molecule has 10 heteroatoms. The van der Waals surface area contributed by atoms with Crippen LogP contribution in [0.5, 0.6) is 0 Å². The summed E-state index contributed by atoms with van der Waals surface area (Å²) in [6.45, 7) is 1.56. The fraction of sp³-hybridized carbons (Fsp3) is 0.182. The molecular weight excluding hydrogens is 435 g/mol. The van der Waals surface area contributed by atoms with Gasteiger partial charge in [0.05, 0.1) is 28.6 Å². The van der Waals surface area contributed by atoms with E-state index in [0.717, 1.165) is 5.69 Å². The summed E-state index contributed by atoms with van der Waals surface area (Å²) in [5.74, 6) is -1.32. The summed E-state index contributed by atoms with van der Waals surface area (Å²) in [5, 5.41) is 19.7. The van der Waals surface area contributed by atoms with Gasteiger partial charge in [-0.25, -0.2) is 9.37 Å². The molecule has 0 saturated carbocycles. The molecule has 4 aromatic rings. The summed E-state index contributed by atoms with van der Waals surface area (Å²) in [4.78, 5) is 22.5. The van der Waals surface area contributed by atoms with Crippen LogP contribution in [0, 0.1) is 5.82 Å². The average Bonchev–Trinajstić information content (AvgIpc) is 3.29. The molecule has 1 aromatic carbocycles. The lowest BCUT2D eigenvalue weighted by molar-refractivity contribution is -0.139. The standard InChI is InChI=1S/C22H18ClFN6O2/c23-12-1-2-16(24)14(7-12)21-15(10-27-29-21)17-3-4-18-19(28-17)8-13(9-26-18)30-6-5-25-20(11-30)22(31)32/h1-4,7-10,20,25H,5-6,11H2,(H,27,29)(H,31,32)/t20-/m1/s1. The molecule has 162 valence electrons. The topological polar surface area (TPSA) is 107 Å². The maximum Gasteiger partial charge on any atom is 0.322 e. The molecule has 3 aromatic heterocycles. The van der Waals surface area contributed by atoms with E-state index >= 15 is 0 Å². The lowest BCUT2D eigenvalue weighted by Crippen LogP contribution is -2.54. The number of nitrogens with one attached hydrogen (secondary N) is 2. The van der Waals surface area contributed by atoms with Crippen LogP contribution in [-0.2, 0) is 4.79 Å². The zero-order valence-electron chi connectivity index (χ0n) is 16.7. The monoisotopic (exact) mass is 452 g/mol. The smallest absolute Gasteiger partial charge is 0.322 e. The van der Waals surface area contributed by atoms with Crippen LogP contribution in [0.2, 0.25) is 5.02 Å². The summed E-state index contributed by atoms with van der Waals surface area (Å²) >= 11 is 6.06. The Bertz CT molecular complexity index is 1330. The molecule has 0 unspecified atom stereocenters. The van der Waals surface area contributed by atoms with Crippen molar-refractivity contribution in [2.24, 2.45) is 0 Å². The van der Waals surface area contributed by atoms with Gasteiger partial charge in [0.15, 0.2) is 0 Å². The molecule has 4 heterocycles. The predicted molar refractivity (Wildman–Crippen MR) is 119 cm³/mol. The van der Waals surface area contributed by atoms with E-state index in [-0.39, 0.29) is 5.56 Å². The Labute approximate surface area is 187 Å². The van der Waals surface area contributed by atoms with Gasteiger partial charge in [-0.05, 0) is 36.4 Å². The number of nitrogens with zero attached hydrogens (tertiary/aromatic N) is 4. The summed E-state index contributed by atoms with van der Waals surface area (Å²) in [6, 6.07) is 9.20. The molecule has 3 N–H and O–H groups in total. The van der Waals surface area contributed by atoms with Gasteiger partial charge in [0.2, 0.25) is 0 Å². The molecule has 1 fully saturated rings. The molecule has 0 bridgehead atoms. The van der Waals surface area contributed by atoms with E-state index < -0.39 is 17.8 Å². The van der Waals surface area contributed by atoms with Crippen molar-refractivity contribution < 1.29 is 14.3 Å². The first-order valence-electron chi connectivity index (χ1n) is 9.97. The molecule has 8 nitrogen and oxygen atoms in total. The van der Waals surface area contributed by atoms with Gasteiger partial charge in [-0.2, -0.15) is 5.10 Å². The first-order chi connectivity index (χ1) is 15.5. The Morgan fingerprint density at radius 2 is 2.06 bits per heavy atom. The van der Waals surface area contributed by atoms with E-state index in [9.17, 15) is 14.3 Å². The van der Waals surface area contributed by atoms with Crippen molar-refractivity contribution in [1.82, 2.24) is 25.5 Å². The van der Waals surface area contributed by atoms with Crippen molar-refractivity contribution in [2.75, 3.05) is 24.5 Å². The molecular formula is C22H18ClFN6O2. The third-order valence-corrected chi connectivity index (χ3v) is 5.70. The summed E-state index contributed by atoms with van der Waals surface area (Å²) < 4.78 is 14.4. The van der Waals surface area contributed by atoms with Crippen molar-refractivity contribution >= 4 is 34.3 Å². The Morgan fingerprint density at radius 1 is 1.19 bits per heavy atom. The van der Waals surface area contributed by atoms with E-state index in [1.165, 1.54) is 18.2 Å². The number of hydrogen-bond donors (Lipinski definition) is 3. The second kappa shape index (κ2) is 8.18. The van der Waals surface area contributed by atoms with E-state index in [4.69, 9.17) is 16.6 Å². The fourth-order valence-corrected chi connectivity index (χ4v) is 4.01. The highest BCUT2D eigenvalue weighted by Gasteiger charge is 2.25. The number of anilines is 1. The Kier molecular flexibility index (Phi) is 5.20. The molecule has 1 aliphatic rings. The number of aliphatic carboxylic acids is 1. The van der Waals surface area contributed by atoms with Crippen LogP contribution in [0.3, 0.4) is 0 Å². The number of H-pyrrole nitrogens is 1. The van der Waals surface area contributed by atoms with Gasteiger partial charge in [-0.15, -0.1) is 0 Å². The Morgan fingerprint density at radius 3 is 2.91 bits per heavy atom. The van der Waals surface area contributed by atoms with Crippen LogP contribution in [0.1, 0.15) is 0 Å². The van der Waals surface area contributed by atoms with Crippen LogP contribution in [-0.4, -0.2) is 56.9 Å². The molecule has 0 spiro atoms. The Balaban J connectivity index is 1.53. The second-order valence-corrected chi connectivity index (χ2v) is 7.93. The molecule has 32 heavy (non-hydrogen) atoms. The highest BCUT2D eigenvalue weighted by atomic mass is 35.5. The maximum atomic E-state index is 14.4. The minimum absolute atomic E-state index is 0.281. The molecule has 1 atom stereocenters. The number of piperazine rings is 1. The number of carbonyl (C=O) groups is 1. The van der Waals surface area contributed by atoms with Crippen molar-refractivity contribution in [3.8, 4) is 22.5 Å². The number of carboxylic acid groups (broad SMARTS) is 1. The number of aromatic nitrogens is 4. The number of pyridine rings is 2.